The number of rotatable bonds is 8. The number of hydrogen-bond acceptors (Lipinski definition) is 3. The SMILES string of the molecule is CCN(CC)CCCNCc1ccc(O)c(Cl)c1. The molecule has 0 aliphatic heterocycles. The van der Waals surface area contributed by atoms with Gasteiger partial charge in [0.1, 0.15) is 5.75 Å². The van der Waals surface area contributed by atoms with Crippen LogP contribution in [0.1, 0.15) is 25.8 Å². The summed E-state index contributed by atoms with van der Waals surface area (Å²) in [6.45, 7) is 9.53. The van der Waals surface area contributed by atoms with Crippen molar-refractivity contribution in [3.8, 4) is 5.75 Å². The smallest absolute Gasteiger partial charge is 0.134 e. The van der Waals surface area contributed by atoms with Crippen LogP contribution in [0.2, 0.25) is 5.02 Å². The molecule has 0 amide bonds. The molecule has 3 nitrogen and oxygen atoms in total. The number of aromatic hydroxyl groups is 1. The quantitative estimate of drug-likeness (QED) is 0.713. The average Bonchev–Trinajstić information content (AvgIpc) is 2.38. The molecule has 0 radical (unpaired) electrons. The molecule has 0 aliphatic carbocycles. The van der Waals surface area contributed by atoms with Gasteiger partial charge in [-0.15, -0.1) is 0 Å². The Morgan fingerprint density at radius 3 is 2.61 bits per heavy atom. The van der Waals surface area contributed by atoms with Gasteiger partial charge in [0.2, 0.25) is 0 Å². The first kappa shape index (κ1) is 15.3. The standard InChI is InChI=1S/C14H23ClN2O/c1-3-17(4-2)9-5-8-16-11-12-6-7-14(18)13(15)10-12/h6-7,10,16,18H,3-5,8-9,11H2,1-2H3. The van der Waals surface area contributed by atoms with Crippen LogP contribution < -0.4 is 5.32 Å². The van der Waals surface area contributed by atoms with Crippen molar-refractivity contribution in [1.82, 2.24) is 10.2 Å². The highest BCUT2D eigenvalue weighted by atomic mass is 35.5. The minimum Gasteiger partial charge on any atom is -0.506 e. The normalized spacial score (nSPS) is 11.1. The highest BCUT2D eigenvalue weighted by Gasteiger charge is 2.00. The first-order valence-corrected chi connectivity index (χ1v) is 6.95. The zero-order valence-electron chi connectivity index (χ0n) is 11.2. The van der Waals surface area contributed by atoms with E-state index in [0.717, 1.165) is 44.7 Å². The predicted molar refractivity (Wildman–Crippen MR) is 77.2 cm³/mol. The fourth-order valence-electron chi connectivity index (χ4n) is 1.86. The molecule has 0 atom stereocenters. The van der Waals surface area contributed by atoms with Crippen molar-refractivity contribution in [2.75, 3.05) is 26.2 Å². The molecule has 0 aromatic heterocycles. The minimum absolute atomic E-state index is 0.141. The number of phenols is 1. The molecule has 0 saturated carbocycles. The lowest BCUT2D eigenvalue weighted by Gasteiger charge is -2.17. The van der Waals surface area contributed by atoms with Crippen LogP contribution >= 0.6 is 11.6 Å². The molecule has 0 spiro atoms. The van der Waals surface area contributed by atoms with Crippen molar-refractivity contribution in [1.29, 1.82) is 0 Å². The number of nitrogens with zero attached hydrogens (tertiary/aromatic N) is 1. The lowest BCUT2D eigenvalue weighted by atomic mass is 10.2. The van der Waals surface area contributed by atoms with E-state index in [-0.39, 0.29) is 5.75 Å². The van der Waals surface area contributed by atoms with Crippen LogP contribution in [0, 0.1) is 0 Å². The zero-order valence-corrected chi connectivity index (χ0v) is 12.0. The second kappa shape index (κ2) is 8.35. The largest absolute Gasteiger partial charge is 0.506 e. The molecule has 0 saturated heterocycles. The van der Waals surface area contributed by atoms with Gasteiger partial charge in [0, 0.05) is 6.54 Å². The lowest BCUT2D eigenvalue weighted by molar-refractivity contribution is 0.298. The monoisotopic (exact) mass is 270 g/mol. The first-order chi connectivity index (χ1) is 8.67. The van der Waals surface area contributed by atoms with E-state index in [1.54, 1.807) is 12.1 Å². The van der Waals surface area contributed by atoms with Gasteiger partial charge in [-0.25, -0.2) is 0 Å². The third kappa shape index (κ3) is 5.25. The van der Waals surface area contributed by atoms with E-state index < -0.39 is 0 Å². The molecule has 1 aromatic rings. The van der Waals surface area contributed by atoms with Gasteiger partial charge in [0.25, 0.3) is 0 Å². The Morgan fingerprint density at radius 2 is 2.00 bits per heavy atom. The van der Waals surface area contributed by atoms with E-state index in [1.807, 2.05) is 6.07 Å². The summed E-state index contributed by atoms with van der Waals surface area (Å²) in [5.41, 5.74) is 1.10. The molecule has 2 N–H and O–H groups in total. The van der Waals surface area contributed by atoms with E-state index in [0.29, 0.717) is 5.02 Å². The van der Waals surface area contributed by atoms with Crippen molar-refractivity contribution < 1.29 is 5.11 Å². The summed E-state index contributed by atoms with van der Waals surface area (Å²) in [4.78, 5) is 2.42. The summed E-state index contributed by atoms with van der Waals surface area (Å²) in [6.07, 6.45) is 1.15. The number of halogens is 1. The molecule has 18 heavy (non-hydrogen) atoms. The van der Waals surface area contributed by atoms with Gasteiger partial charge in [-0.05, 0) is 50.3 Å². The van der Waals surface area contributed by atoms with Crippen molar-refractivity contribution in [3.05, 3.63) is 28.8 Å². The van der Waals surface area contributed by atoms with Gasteiger partial charge < -0.3 is 15.3 Å². The molecule has 0 aliphatic rings. The summed E-state index contributed by atoms with van der Waals surface area (Å²) in [5, 5.41) is 13.1. The number of nitrogens with one attached hydrogen (secondary N) is 1. The number of hydrogen-bond donors (Lipinski definition) is 2. The third-order valence-electron chi connectivity index (χ3n) is 3.06. The first-order valence-electron chi connectivity index (χ1n) is 6.57. The van der Waals surface area contributed by atoms with Crippen molar-refractivity contribution >= 4 is 11.6 Å². The van der Waals surface area contributed by atoms with Crippen LogP contribution in [0.3, 0.4) is 0 Å². The Balaban J connectivity index is 2.19. The van der Waals surface area contributed by atoms with Crippen LogP contribution in [0.5, 0.6) is 5.75 Å². The van der Waals surface area contributed by atoms with Gasteiger partial charge in [-0.3, -0.25) is 0 Å². The molecule has 0 unspecified atom stereocenters. The number of benzene rings is 1. The maximum Gasteiger partial charge on any atom is 0.134 e. The molecule has 102 valence electrons. The van der Waals surface area contributed by atoms with Crippen LogP contribution in [0.25, 0.3) is 0 Å². The molecule has 1 rings (SSSR count). The highest BCUT2D eigenvalue weighted by molar-refractivity contribution is 6.32. The molecule has 0 bridgehead atoms. The molecule has 0 heterocycles. The second-order valence-electron chi connectivity index (χ2n) is 4.34. The van der Waals surface area contributed by atoms with Gasteiger partial charge >= 0.3 is 0 Å². The van der Waals surface area contributed by atoms with E-state index >= 15 is 0 Å². The second-order valence-corrected chi connectivity index (χ2v) is 4.75. The van der Waals surface area contributed by atoms with Crippen molar-refractivity contribution in [2.24, 2.45) is 0 Å². The Kier molecular flexibility index (Phi) is 7.09. The molecule has 1 aromatic carbocycles. The van der Waals surface area contributed by atoms with Crippen LogP contribution in [0.4, 0.5) is 0 Å². The topological polar surface area (TPSA) is 35.5 Å². The van der Waals surface area contributed by atoms with E-state index in [2.05, 4.69) is 24.1 Å². The lowest BCUT2D eigenvalue weighted by Crippen LogP contribution is -2.27. The summed E-state index contributed by atoms with van der Waals surface area (Å²) in [7, 11) is 0. The maximum absolute atomic E-state index is 9.31. The van der Waals surface area contributed by atoms with Gasteiger partial charge in [-0.2, -0.15) is 0 Å². The Labute approximate surface area is 115 Å². The molecule has 4 heteroatoms. The maximum atomic E-state index is 9.31. The minimum atomic E-state index is 0.141. The van der Waals surface area contributed by atoms with E-state index in [9.17, 15) is 5.11 Å². The Morgan fingerprint density at radius 1 is 1.28 bits per heavy atom. The summed E-state index contributed by atoms with van der Waals surface area (Å²) < 4.78 is 0. The molecular weight excluding hydrogens is 248 g/mol. The summed E-state index contributed by atoms with van der Waals surface area (Å²) in [5.74, 6) is 0.141. The van der Waals surface area contributed by atoms with E-state index in [1.165, 1.54) is 0 Å². The average molecular weight is 271 g/mol. The van der Waals surface area contributed by atoms with Gasteiger partial charge in [0.15, 0.2) is 0 Å². The fourth-order valence-corrected chi connectivity index (χ4v) is 2.06. The fraction of sp³-hybridized carbons (Fsp3) is 0.571. The van der Waals surface area contributed by atoms with Gasteiger partial charge in [-0.1, -0.05) is 31.5 Å². The van der Waals surface area contributed by atoms with Crippen LogP contribution in [0.15, 0.2) is 18.2 Å². The Hall–Kier alpha value is -0.770. The summed E-state index contributed by atoms with van der Waals surface area (Å²) in [6, 6.07) is 5.32. The number of phenolic OH excluding ortho intramolecular Hbond substituents is 1. The van der Waals surface area contributed by atoms with Crippen LogP contribution in [-0.4, -0.2) is 36.2 Å². The van der Waals surface area contributed by atoms with E-state index in [4.69, 9.17) is 11.6 Å². The molecular formula is C14H23ClN2O. The van der Waals surface area contributed by atoms with Crippen molar-refractivity contribution in [3.63, 3.8) is 0 Å². The highest BCUT2D eigenvalue weighted by Crippen LogP contribution is 2.23. The Bertz CT molecular complexity index is 354. The molecule has 0 fully saturated rings. The zero-order chi connectivity index (χ0) is 13.4. The van der Waals surface area contributed by atoms with Crippen LogP contribution in [-0.2, 0) is 6.54 Å². The third-order valence-corrected chi connectivity index (χ3v) is 3.37. The van der Waals surface area contributed by atoms with Crippen molar-refractivity contribution in [2.45, 2.75) is 26.8 Å². The predicted octanol–water partition coefficient (Wildman–Crippen LogP) is 2.87. The van der Waals surface area contributed by atoms with Gasteiger partial charge in [0.05, 0.1) is 5.02 Å². The summed E-state index contributed by atoms with van der Waals surface area (Å²) >= 11 is 5.85.